The number of nitrogens with zero attached hydrogens (tertiary/aromatic N) is 1. The molecule has 10 aromatic rings. The number of hydrogen-bond acceptors (Lipinski definition) is 2. The highest BCUT2D eigenvalue weighted by Gasteiger charge is 2.37. The maximum atomic E-state index is 2.52. The first-order chi connectivity index (χ1) is 26.1. The Hall–Kier alpha value is -6.22. The summed E-state index contributed by atoms with van der Waals surface area (Å²) in [6.07, 6.45) is 0. The first-order valence-corrected chi connectivity index (χ1v) is 19.3. The summed E-state index contributed by atoms with van der Waals surface area (Å²) in [4.78, 5) is 2.52. The van der Waals surface area contributed by atoms with Crippen LogP contribution in [0, 0.1) is 0 Å². The van der Waals surface area contributed by atoms with Gasteiger partial charge in [0.05, 0.1) is 5.69 Å². The molecule has 0 fully saturated rings. The van der Waals surface area contributed by atoms with E-state index in [4.69, 9.17) is 0 Å². The second-order valence-corrected chi connectivity index (χ2v) is 15.9. The van der Waals surface area contributed by atoms with E-state index in [9.17, 15) is 0 Å². The topological polar surface area (TPSA) is 3.24 Å². The van der Waals surface area contributed by atoms with Crippen LogP contribution in [-0.2, 0) is 5.41 Å². The molecule has 0 aliphatic heterocycles. The summed E-state index contributed by atoms with van der Waals surface area (Å²) in [5.74, 6) is 0. The monoisotopic (exact) mass is 693 g/mol. The summed E-state index contributed by atoms with van der Waals surface area (Å²) in [5.41, 5.74) is 11.3. The van der Waals surface area contributed by atoms with Gasteiger partial charge < -0.3 is 4.90 Å². The second-order valence-electron chi connectivity index (χ2n) is 14.9. The predicted octanol–water partition coefficient (Wildman–Crippen LogP) is 15.0. The first-order valence-electron chi connectivity index (χ1n) is 18.4. The van der Waals surface area contributed by atoms with Crippen LogP contribution in [0.4, 0.5) is 17.1 Å². The molecule has 1 aliphatic carbocycles. The van der Waals surface area contributed by atoms with Gasteiger partial charge in [0.25, 0.3) is 0 Å². The normalized spacial score (nSPS) is 13.2. The standard InChI is InChI=1S/C51H35NS/c1-51(2)44-29-27-34(31-43(44)49-35(21-12-22-45(49)51)32-14-4-3-5-15-32)52(46-23-13-25-48-50(46)41-20-10-11-24-47(41)53-48)33-26-28-40-38-18-7-6-16-36(38)37-17-8-9-19-39(37)42(40)30-33/h3-31H,1-2H3. The Morgan fingerprint density at radius 2 is 1.00 bits per heavy atom. The minimum Gasteiger partial charge on any atom is -0.310 e. The van der Waals surface area contributed by atoms with E-state index in [-0.39, 0.29) is 5.41 Å². The summed E-state index contributed by atoms with van der Waals surface area (Å²) in [7, 11) is 0. The lowest BCUT2D eigenvalue weighted by atomic mass is 9.82. The van der Waals surface area contributed by atoms with Gasteiger partial charge in [-0.1, -0.05) is 147 Å². The maximum Gasteiger partial charge on any atom is 0.0554 e. The van der Waals surface area contributed by atoms with Crippen molar-refractivity contribution in [1.29, 1.82) is 0 Å². The van der Waals surface area contributed by atoms with Crippen LogP contribution in [0.25, 0.3) is 74.7 Å². The minimum absolute atomic E-state index is 0.120. The Balaban J connectivity index is 1.22. The van der Waals surface area contributed by atoms with E-state index in [1.54, 1.807) is 0 Å². The molecular formula is C51H35NS. The number of anilines is 3. The Kier molecular flexibility index (Phi) is 6.53. The summed E-state index contributed by atoms with van der Waals surface area (Å²) < 4.78 is 2.60. The Morgan fingerprint density at radius 3 is 1.75 bits per heavy atom. The van der Waals surface area contributed by atoms with E-state index in [2.05, 4.69) is 195 Å². The zero-order chi connectivity index (χ0) is 35.3. The second kappa shape index (κ2) is 11.4. The Labute approximate surface area is 313 Å². The third kappa shape index (κ3) is 4.43. The minimum atomic E-state index is -0.120. The highest BCUT2D eigenvalue weighted by atomic mass is 32.1. The van der Waals surface area contributed by atoms with Gasteiger partial charge in [0, 0.05) is 37.0 Å². The Morgan fingerprint density at radius 1 is 0.415 bits per heavy atom. The summed E-state index contributed by atoms with van der Waals surface area (Å²) in [5, 5.41) is 10.3. The van der Waals surface area contributed by atoms with Crippen molar-refractivity contribution in [3.05, 3.63) is 187 Å². The molecule has 53 heavy (non-hydrogen) atoms. The van der Waals surface area contributed by atoms with Crippen molar-refractivity contribution in [2.24, 2.45) is 0 Å². The summed E-state index contributed by atoms with van der Waals surface area (Å²) >= 11 is 1.87. The first kappa shape index (κ1) is 30.4. The molecule has 0 N–H and O–H groups in total. The van der Waals surface area contributed by atoms with Crippen LogP contribution in [-0.4, -0.2) is 0 Å². The molecule has 250 valence electrons. The van der Waals surface area contributed by atoms with Crippen molar-refractivity contribution in [2.45, 2.75) is 19.3 Å². The highest BCUT2D eigenvalue weighted by molar-refractivity contribution is 7.26. The van der Waals surface area contributed by atoms with Gasteiger partial charge in [-0.2, -0.15) is 0 Å². The van der Waals surface area contributed by atoms with Crippen molar-refractivity contribution < 1.29 is 0 Å². The summed E-state index contributed by atoms with van der Waals surface area (Å²) in [6.45, 7) is 4.75. The zero-order valence-corrected chi connectivity index (χ0v) is 30.4. The lowest BCUT2D eigenvalue weighted by Gasteiger charge is -2.28. The van der Waals surface area contributed by atoms with E-state index in [0.29, 0.717) is 0 Å². The highest BCUT2D eigenvalue weighted by Crippen LogP contribution is 2.54. The fourth-order valence-electron chi connectivity index (χ4n) is 9.19. The third-order valence-electron chi connectivity index (χ3n) is 11.6. The van der Waals surface area contributed by atoms with Gasteiger partial charge in [-0.3, -0.25) is 0 Å². The molecule has 1 aromatic heterocycles. The van der Waals surface area contributed by atoms with Gasteiger partial charge in [-0.15, -0.1) is 11.3 Å². The molecule has 2 heteroatoms. The number of hydrogen-bond donors (Lipinski definition) is 0. The van der Waals surface area contributed by atoms with Gasteiger partial charge in [-0.25, -0.2) is 0 Å². The lowest BCUT2D eigenvalue weighted by Crippen LogP contribution is -2.15. The fraction of sp³-hybridized carbons (Fsp3) is 0.0588. The van der Waals surface area contributed by atoms with Crippen LogP contribution in [0.15, 0.2) is 176 Å². The molecule has 1 heterocycles. The fourth-order valence-corrected chi connectivity index (χ4v) is 10.3. The molecule has 0 radical (unpaired) electrons. The molecule has 0 bridgehead atoms. The predicted molar refractivity (Wildman–Crippen MR) is 230 cm³/mol. The van der Waals surface area contributed by atoms with Crippen LogP contribution >= 0.6 is 11.3 Å². The third-order valence-corrected chi connectivity index (χ3v) is 12.8. The molecular weight excluding hydrogens is 659 g/mol. The molecule has 0 unspecified atom stereocenters. The quantitative estimate of drug-likeness (QED) is 0.166. The lowest BCUT2D eigenvalue weighted by molar-refractivity contribution is 0.660. The van der Waals surface area contributed by atoms with E-state index in [1.807, 2.05) is 11.3 Å². The van der Waals surface area contributed by atoms with E-state index < -0.39 is 0 Å². The van der Waals surface area contributed by atoms with E-state index in [1.165, 1.54) is 91.6 Å². The molecule has 0 atom stereocenters. The maximum absolute atomic E-state index is 2.52. The molecule has 11 rings (SSSR count). The SMILES string of the molecule is CC1(C)c2ccc(N(c3ccc4c5ccccc5c5ccccc5c4c3)c3cccc4sc5ccccc5c34)cc2-c2c(-c3ccccc3)cccc21. The number of benzene rings is 9. The van der Waals surface area contributed by atoms with E-state index >= 15 is 0 Å². The van der Waals surface area contributed by atoms with Crippen molar-refractivity contribution in [3.63, 3.8) is 0 Å². The largest absolute Gasteiger partial charge is 0.310 e. The molecule has 0 saturated carbocycles. The number of rotatable bonds is 4. The zero-order valence-electron chi connectivity index (χ0n) is 29.6. The van der Waals surface area contributed by atoms with Crippen LogP contribution in [0.2, 0.25) is 0 Å². The summed E-state index contributed by atoms with van der Waals surface area (Å²) in [6, 6.07) is 65.4. The molecule has 1 nitrogen and oxygen atoms in total. The average Bonchev–Trinajstić information content (AvgIpc) is 3.71. The van der Waals surface area contributed by atoms with Gasteiger partial charge >= 0.3 is 0 Å². The average molecular weight is 694 g/mol. The molecule has 0 amide bonds. The van der Waals surface area contributed by atoms with Gasteiger partial charge in [-0.05, 0) is 108 Å². The van der Waals surface area contributed by atoms with Crippen LogP contribution < -0.4 is 4.90 Å². The van der Waals surface area contributed by atoms with Crippen LogP contribution in [0.1, 0.15) is 25.0 Å². The van der Waals surface area contributed by atoms with Crippen molar-refractivity contribution in [3.8, 4) is 22.3 Å². The Bertz CT molecular complexity index is 3060. The number of fused-ring (bicyclic) bond motifs is 12. The van der Waals surface area contributed by atoms with Crippen LogP contribution in [0.5, 0.6) is 0 Å². The molecule has 1 aliphatic rings. The molecule has 0 saturated heterocycles. The van der Waals surface area contributed by atoms with Gasteiger partial charge in [0.1, 0.15) is 0 Å². The van der Waals surface area contributed by atoms with Crippen molar-refractivity contribution in [1.82, 2.24) is 0 Å². The van der Waals surface area contributed by atoms with Crippen LogP contribution in [0.3, 0.4) is 0 Å². The number of thiophene rings is 1. The van der Waals surface area contributed by atoms with E-state index in [0.717, 1.165) is 11.4 Å². The molecule has 0 spiro atoms. The van der Waals surface area contributed by atoms with Gasteiger partial charge in [0.2, 0.25) is 0 Å². The van der Waals surface area contributed by atoms with Crippen molar-refractivity contribution >= 4 is 80.9 Å². The smallest absolute Gasteiger partial charge is 0.0554 e. The molecule has 9 aromatic carbocycles. The van der Waals surface area contributed by atoms with Gasteiger partial charge in [0.15, 0.2) is 0 Å². The van der Waals surface area contributed by atoms with Crippen molar-refractivity contribution in [2.75, 3.05) is 4.90 Å².